The maximum absolute atomic E-state index is 6.64. The zero-order valence-corrected chi connectivity index (χ0v) is 4.02. The summed E-state index contributed by atoms with van der Waals surface area (Å²) in [5.41, 5.74) is 4.93. The molecule has 0 atom stereocenters. The lowest BCUT2D eigenvalue weighted by Crippen LogP contribution is -2.03. The Kier molecular flexibility index (Phi) is 2.68. The summed E-state index contributed by atoms with van der Waals surface area (Å²) in [5.74, 6) is 0.0555. The molecule has 0 aromatic heterocycles. The fraction of sp³-hybridized carbons (Fsp3) is 0. The van der Waals surface area contributed by atoms with Crippen LogP contribution in [-0.2, 0) is 0 Å². The molecular formula is C5H8N2. The zero-order chi connectivity index (χ0) is 5.70. The Morgan fingerprint density at radius 3 is 2.43 bits per heavy atom. The molecule has 0 saturated carbocycles. The summed E-state index contributed by atoms with van der Waals surface area (Å²) in [7, 11) is 0. The second-order valence-corrected chi connectivity index (χ2v) is 1.05. The van der Waals surface area contributed by atoms with Crippen molar-refractivity contribution in [3.63, 3.8) is 0 Å². The van der Waals surface area contributed by atoms with Crippen molar-refractivity contribution < 1.29 is 0 Å². The molecule has 38 valence electrons. The van der Waals surface area contributed by atoms with Crippen LogP contribution in [0.1, 0.15) is 0 Å². The summed E-state index contributed by atoms with van der Waals surface area (Å²) in [6, 6.07) is 0. The third-order valence-corrected chi connectivity index (χ3v) is 0.412. The van der Waals surface area contributed by atoms with E-state index in [4.69, 9.17) is 11.1 Å². The number of nitrogens with two attached hydrogens (primary N) is 1. The van der Waals surface area contributed by atoms with E-state index in [9.17, 15) is 0 Å². The third kappa shape index (κ3) is 4.95. The number of nitrogens with one attached hydrogen (secondary N) is 1. The number of amidine groups is 1. The molecule has 0 unspecified atom stereocenters. The molecule has 7 heavy (non-hydrogen) atoms. The van der Waals surface area contributed by atoms with Gasteiger partial charge in [-0.25, -0.2) is 0 Å². The van der Waals surface area contributed by atoms with Gasteiger partial charge in [0.2, 0.25) is 0 Å². The van der Waals surface area contributed by atoms with Crippen LogP contribution in [0.4, 0.5) is 0 Å². The highest BCUT2D eigenvalue weighted by molar-refractivity contribution is 5.88. The molecule has 0 spiro atoms. The van der Waals surface area contributed by atoms with E-state index in [2.05, 4.69) is 6.58 Å². The zero-order valence-electron chi connectivity index (χ0n) is 4.02. The van der Waals surface area contributed by atoms with E-state index < -0.39 is 0 Å². The molecule has 0 heterocycles. The van der Waals surface area contributed by atoms with Crippen LogP contribution in [-0.4, -0.2) is 5.84 Å². The van der Waals surface area contributed by atoms with Gasteiger partial charge in [0.15, 0.2) is 0 Å². The Balaban J connectivity index is 3.46. The first-order chi connectivity index (χ1) is 3.27. The Morgan fingerprint density at radius 1 is 1.71 bits per heavy atom. The van der Waals surface area contributed by atoms with Crippen LogP contribution in [0.25, 0.3) is 0 Å². The molecule has 0 bridgehead atoms. The molecular weight excluding hydrogens is 88.1 g/mol. The molecule has 0 aliphatic heterocycles. The van der Waals surface area contributed by atoms with Gasteiger partial charge >= 0.3 is 0 Å². The minimum Gasteiger partial charge on any atom is -0.384 e. The van der Waals surface area contributed by atoms with Crippen LogP contribution in [0.15, 0.2) is 24.8 Å². The van der Waals surface area contributed by atoms with Crippen LogP contribution in [0.5, 0.6) is 0 Å². The highest BCUT2D eigenvalue weighted by atomic mass is 14.7. The predicted molar refractivity (Wildman–Crippen MR) is 31.3 cm³/mol. The number of allylic oxidation sites excluding steroid dienone is 2. The average Bonchev–Trinajstić information content (AvgIpc) is 1.61. The lowest BCUT2D eigenvalue weighted by molar-refractivity contribution is 1.47. The molecule has 3 N–H and O–H groups in total. The molecule has 0 saturated heterocycles. The molecule has 2 nitrogen and oxygen atoms in total. The maximum atomic E-state index is 6.64. The highest BCUT2D eigenvalue weighted by Crippen LogP contribution is 1.68. The first-order valence-electron chi connectivity index (χ1n) is 1.90. The topological polar surface area (TPSA) is 49.9 Å². The smallest absolute Gasteiger partial charge is 0.115 e. The molecule has 0 rings (SSSR count). The second-order valence-electron chi connectivity index (χ2n) is 1.05. The van der Waals surface area contributed by atoms with Crippen molar-refractivity contribution in [2.45, 2.75) is 0 Å². The number of rotatable bonds is 2. The van der Waals surface area contributed by atoms with Gasteiger partial charge in [0.1, 0.15) is 5.84 Å². The fourth-order valence-corrected chi connectivity index (χ4v) is 0.172. The van der Waals surface area contributed by atoms with Gasteiger partial charge in [0.25, 0.3) is 0 Å². The molecule has 0 aromatic rings. The number of hydrogen-bond acceptors (Lipinski definition) is 1. The fourth-order valence-electron chi connectivity index (χ4n) is 0.172. The van der Waals surface area contributed by atoms with Crippen molar-refractivity contribution in [3.05, 3.63) is 24.8 Å². The van der Waals surface area contributed by atoms with Gasteiger partial charge in [0.05, 0.1) is 0 Å². The third-order valence-electron chi connectivity index (χ3n) is 0.412. The Hall–Kier alpha value is -1.05. The Bertz CT molecular complexity index is 103. The molecule has 0 aliphatic rings. The van der Waals surface area contributed by atoms with Crippen LogP contribution in [0, 0.1) is 5.41 Å². The summed E-state index contributed by atoms with van der Waals surface area (Å²) < 4.78 is 0. The normalized spacial score (nSPS) is 9.14. The quantitative estimate of drug-likeness (QED) is 0.296. The molecule has 0 fully saturated rings. The van der Waals surface area contributed by atoms with Crippen molar-refractivity contribution >= 4 is 5.84 Å². The SMILES string of the molecule is C=C/C=C\C(=N)N. The van der Waals surface area contributed by atoms with Crippen molar-refractivity contribution in [1.29, 1.82) is 5.41 Å². The molecule has 0 aromatic carbocycles. The lowest BCUT2D eigenvalue weighted by atomic mass is 10.5. The summed E-state index contributed by atoms with van der Waals surface area (Å²) in [4.78, 5) is 0. The van der Waals surface area contributed by atoms with Gasteiger partial charge in [-0.2, -0.15) is 0 Å². The number of hydrogen-bond donors (Lipinski definition) is 2. The predicted octanol–water partition coefficient (Wildman–Crippen LogP) is 0.665. The van der Waals surface area contributed by atoms with E-state index in [1.807, 2.05) is 0 Å². The van der Waals surface area contributed by atoms with Gasteiger partial charge in [-0.15, -0.1) is 0 Å². The van der Waals surface area contributed by atoms with Crippen molar-refractivity contribution in [2.75, 3.05) is 0 Å². The van der Waals surface area contributed by atoms with Crippen LogP contribution in [0.2, 0.25) is 0 Å². The standard InChI is InChI=1S/C5H8N2/c1-2-3-4-5(6)7/h2-4H,1H2,(H3,6,7)/b4-3-. The van der Waals surface area contributed by atoms with E-state index >= 15 is 0 Å². The van der Waals surface area contributed by atoms with Crippen molar-refractivity contribution in [1.82, 2.24) is 0 Å². The van der Waals surface area contributed by atoms with E-state index in [1.165, 1.54) is 6.08 Å². The second kappa shape index (κ2) is 3.15. The average molecular weight is 96.1 g/mol. The van der Waals surface area contributed by atoms with E-state index in [-0.39, 0.29) is 5.84 Å². The van der Waals surface area contributed by atoms with Gasteiger partial charge in [0, 0.05) is 0 Å². The van der Waals surface area contributed by atoms with Gasteiger partial charge in [-0.1, -0.05) is 18.7 Å². The van der Waals surface area contributed by atoms with Gasteiger partial charge in [-0.05, 0) is 6.08 Å². The highest BCUT2D eigenvalue weighted by Gasteiger charge is 1.68. The van der Waals surface area contributed by atoms with E-state index in [1.54, 1.807) is 12.2 Å². The molecule has 0 amide bonds. The van der Waals surface area contributed by atoms with Gasteiger partial charge in [-0.3, -0.25) is 5.41 Å². The van der Waals surface area contributed by atoms with Crippen LogP contribution >= 0.6 is 0 Å². The molecule has 0 radical (unpaired) electrons. The maximum Gasteiger partial charge on any atom is 0.115 e. The van der Waals surface area contributed by atoms with Gasteiger partial charge < -0.3 is 5.73 Å². The monoisotopic (exact) mass is 96.1 g/mol. The van der Waals surface area contributed by atoms with E-state index in [0.717, 1.165) is 0 Å². The summed E-state index contributed by atoms with van der Waals surface area (Å²) in [6.45, 7) is 3.39. The lowest BCUT2D eigenvalue weighted by Gasteiger charge is -1.76. The Labute approximate surface area is 42.8 Å². The summed E-state index contributed by atoms with van der Waals surface area (Å²) in [6.07, 6.45) is 4.65. The minimum absolute atomic E-state index is 0.0555. The summed E-state index contributed by atoms with van der Waals surface area (Å²) >= 11 is 0. The van der Waals surface area contributed by atoms with Crippen LogP contribution < -0.4 is 5.73 Å². The Morgan fingerprint density at radius 2 is 2.29 bits per heavy atom. The molecule has 2 heteroatoms. The van der Waals surface area contributed by atoms with Crippen molar-refractivity contribution in [2.24, 2.45) is 5.73 Å². The van der Waals surface area contributed by atoms with Crippen molar-refractivity contribution in [3.8, 4) is 0 Å². The molecule has 0 aliphatic carbocycles. The minimum atomic E-state index is 0.0555. The summed E-state index contributed by atoms with van der Waals surface area (Å²) in [5, 5.41) is 6.64. The van der Waals surface area contributed by atoms with E-state index in [0.29, 0.717) is 0 Å². The largest absolute Gasteiger partial charge is 0.384 e. The first kappa shape index (κ1) is 5.95. The first-order valence-corrected chi connectivity index (χ1v) is 1.90. The van der Waals surface area contributed by atoms with Crippen LogP contribution in [0.3, 0.4) is 0 Å².